The van der Waals surface area contributed by atoms with Crippen LogP contribution < -0.4 is 10.6 Å². The Kier molecular flexibility index (Phi) is 6.18. The van der Waals surface area contributed by atoms with E-state index in [1.165, 1.54) is 0 Å². The number of benzene rings is 1. The Hall–Kier alpha value is -0.520. The average molecular weight is 312 g/mol. The molecule has 1 heterocycles. The van der Waals surface area contributed by atoms with Crippen molar-refractivity contribution in [3.8, 4) is 0 Å². The normalized spacial score (nSPS) is 18.9. The molecule has 0 aliphatic carbocycles. The van der Waals surface area contributed by atoms with E-state index < -0.39 is 6.10 Å². The van der Waals surface area contributed by atoms with Crippen molar-refractivity contribution in [2.24, 2.45) is 0 Å². The van der Waals surface area contributed by atoms with E-state index in [1.807, 2.05) is 0 Å². The summed E-state index contributed by atoms with van der Waals surface area (Å²) >= 11 is 11.6. The van der Waals surface area contributed by atoms with Crippen LogP contribution in [-0.4, -0.2) is 31.7 Å². The molecule has 0 radical (unpaired) electrons. The van der Waals surface area contributed by atoms with Crippen LogP contribution in [0.2, 0.25) is 10.0 Å². The number of halogens is 3. The van der Waals surface area contributed by atoms with E-state index in [1.54, 1.807) is 18.2 Å². The largest absolute Gasteiger partial charge is 0.366 e. The summed E-state index contributed by atoms with van der Waals surface area (Å²) in [6, 6.07) is 4.94. The molecule has 1 unspecified atom stereocenters. The molecular weight excluding hydrogens is 298 g/mol. The number of hydrogen-bond donors (Lipinski definition) is 2. The molecule has 18 heavy (non-hydrogen) atoms. The SMILES string of the molecule is Cl.O=C(Nc1ccc(Cl)c(Cl)c1)C1CNCCO1. The van der Waals surface area contributed by atoms with Gasteiger partial charge in [0.25, 0.3) is 5.91 Å². The monoisotopic (exact) mass is 310 g/mol. The van der Waals surface area contributed by atoms with Gasteiger partial charge in [-0.2, -0.15) is 0 Å². The number of rotatable bonds is 2. The second-order valence-corrected chi connectivity index (χ2v) is 4.50. The molecule has 2 N–H and O–H groups in total. The van der Waals surface area contributed by atoms with Crippen LogP contribution in [0.4, 0.5) is 5.69 Å². The summed E-state index contributed by atoms with van der Waals surface area (Å²) in [6.07, 6.45) is -0.460. The van der Waals surface area contributed by atoms with Gasteiger partial charge in [-0.15, -0.1) is 12.4 Å². The lowest BCUT2D eigenvalue weighted by atomic mass is 10.2. The summed E-state index contributed by atoms with van der Waals surface area (Å²) in [5, 5.41) is 6.69. The first-order valence-electron chi connectivity index (χ1n) is 5.25. The van der Waals surface area contributed by atoms with Crippen LogP contribution in [0, 0.1) is 0 Å². The molecule has 0 aromatic heterocycles. The number of ether oxygens (including phenoxy) is 1. The zero-order valence-electron chi connectivity index (χ0n) is 9.41. The van der Waals surface area contributed by atoms with Gasteiger partial charge >= 0.3 is 0 Å². The smallest absolute Gasteiger partial charge is 0.254 e. The molecule has 1 saturated heterocycles. The quantitative estimate of drug-likeness (QED) is 0.881. The third-order valence-corrected chi connectivity index (χ3v) is 3.15. The maximum Gasteiger partial charge on any atom is 0.254 e. The maximum atomic E-state index is 11.8. The number of carbonyl (C=O) groups is 1. The van der Waals surface area contributed by atoms with Gasteiger partial charge < -0.3 is 15.4 Å². The highest BCUT2D eigenvalue weighted by Gasteiger charge is 2.21. The van der Waals surface area contributed by atoms with Crippen molar-refractivity contribution < 1.29 is 9.53 Å². The predicted octanol–water partition coefficient (Wildman–Crippen LogP) is 2.34. The fourth-order valence-electron chi connectivity index (χ4n) is 1.53. The van der Waals surface area contributed by atoms with Gasteiger partial charge in [-0.3, -0.25) is 4.79 Å². The molecule has 0 saturated carbocycles. The number of amides is 1. The lowest BCUT2D eigenvalue weighted by Gasteiger charge is -2.22. The van der Waals surface area contributed by atoms with Crippen molar-refractivity contribution in [3.05, 3.63) is 28.2 Å². The minimum atomic E-state index is -0.460. The van der Waals surface area contributed by atoms with E-state index in [-0.39, 0.29) is 18.3 Å². The summed E-state index contributed by atoms with van der Waals surface area (Å²) in [6.45, 7) is 1.84. The first-order chi connectivity index (χ1) is 8.16. The molecular formula is C11H13Cl3N2O2. The molecule has 1 atom stereocenters. The van der Waals surface area contributed by atoms with Crippen molar-refractivity contribution in [1.82, 2.24) is 5.32 Å². The minimum absolute atomic E-state index is 0. The molecule has 100 valence electrons. The van der Waals surface area contributed by atoms with Gasteiger partial charge in [-0.1, -0.05) is 23.2 Å². The van der Waals surface area contributed by atoms with Gasteiger partial charge in [0, 0.05) is 18.8 Å². The highest BCUT2D eigenvalue weighted by Crippen LogP contribution is 2.25. The second-order valence-electron chi connectivity index (χ2n) is 3.68. The van der Waals surface area contributed by atoms with Crippen molar-refractivity contribution in [2.75, 3.05) is 25.0 Å². The van der Waals surface area contributed by atoms with E-state index in [0.29, 0.717) is 28.9 Å². The summed E-state index contributed by atoms with van der Waals surface area (Å²) in [7, 11) is 0. The van der Waals surface area contributed by atoms with Crippen LogP contribution in [-0.2, 0) is 9.53 Å². The van der Waals surface area contributed by atoms with Gasteiger partial charge in [0.2, 0.25) is 0 Å². The number of morpholine rings is 1. The molecule has 1 fully saturated rings. The molecule has 1 aliphatic heterocycles. The number of carbonyl (C=O) groups excluding carboxylic acids is 1. The third kappa shape index (κ3) is 4.00. The molecule has 1 amide bonds. The zero-order valence-corrected chi connectivity index (χ0v) is 11.7. The van der Waals surface area contributed by atoms with Crippen molar-refractivity contribution in [1.29, 1.82) is 0 Å². The van der Waals surface area contributed by atoms with Crippen LogP contribution in [0.25, 0.3) is 0 Å². The van der Waals surface area contributed by atoms with Crippen molar-refractivity contribution in [3.63, 3.8) is 0 Å². The third-order valence-electron chi connectivity index (χ3n) is 2.41. The van der Waals surface area contributed by atoms with E-state index in [9.17, 15) is 4.79 Å². The average Bonchev–Trinajstić information content (AvgIpc) is 2.35. The van der Waals surface area contributed by atoms with Gasteiger partial charge in [0.05, 0.1) is 16.7 Å². The van der Waals surface area contributed by atoms with Gasteiger partial charge in [0.1, 0.15) is 6.10 Å². The lowest BCUT2D eigenvalue weighted by Crippen LogP contribution is -2.45. The first-order valence-corrected chi connectivity index (χ1v) is 6.00. The van der Waals surface area contributed by atoms with E-state index >= 15 is 0 Å². The van der Waals surface area contributed by atoms with Crippen molar-refractivity contribution in [2.45, 2.75) is 6.10 Å². The van der Waals surface area contributed by atoms with Crippen molar-refractivity contribution >= 4 is 47.2 Å². The van der Waals surface area contributed by atoms with Crippen LogP contribution in [0.5, 0.6) is 0 Å². The minimum Gasteiger partial charge on any atom is -0.366 e. The zero-order chi connectivity index (χ0) is 12.3. The molecule has 1 aliphatic rings. The molecule has 4 nitrogen and oxygen atoms in total. The molecule has 2 rings (SSSR count). The highest BCUT2D eigenvalue weighted by atomic mass is 35.5. The molecule has 1 aromatic carbocycles. The Bertz CT molecular complexity index is 423. The van der Waals surface area contributed by atoms with Crippen LogP contribution in [0.15, 0.2) is 18.2 Å². The summed E-state index contributed by atoms with van der Waals surface area (Å²) in [4.78, 5) is 11.8. The van der Waals surface area contributed by atoms with Crippen LogP contribution in [0.1, 0.15) is 0 Å². The Labute approximate surface area is 121 Å². The van der Waals surface area contributed by atoms with E-state index in [2.05, 4.69) is 10.6 Å². The Morgan fingerprint density at radius 2 is 2.17 bits per heavy atom. The highest BCUT2D eigenvalue weighted by molar-refractivity contribution is 6.42. The van der Waals surface area contributed by atoms with Gasteiger partial charge in [0.15, 0.2) is 0 Å². The fraction of sp³-hybridized carbons (Fsp3) is 0.364. The Morgan fingerprint density at radius 1 is 1.39 bits per heavy atom. The van der Waals surface area contributed by atoms with E-state index in [4.69, 9.17) is 27.9 Å². The topological polar surface area (TPSA) is 50.4 Å². The van der Waals surface area contributed by atoms with E-state index in [0.717, 1.165) is 6.54 Å². The number of anilines is 1. The fourth-order valence-corrected chi connectivity index (χ4v) is 1.83. The standard InChI is InChI=1S/C11H12Cl2N2O2.ClH/c12-8-2-1-7(5-9(8)13)15-11(16)10-6-14-3-4-17-10;/h1-2,5,10,14H,3-4,6H2,(H,15,16);1H. The first kappa shape index (κ1) is 15.5. The van der Waals surface area contributed by atoms with Crippen LogP contribution in [0.3, 0.4) is 0 Å². The summed E-state index contributed by atoms with van der Waals surface area (Å²) < 4.78 is 5.33. The number of nitrogens with one attached hydrogen (secondary N) is 2. The predicted molar refractivity (Wildman–Crippen MR) is 74.9 cm³/mol. The van der Waals surface area contributed by atoms with Crippen LogP contribution >= 0.6 is 35.6 Å². The Morgan fingerprint density at radius 3 is 2.78 bits per heavy atom. The second kappa shape index (κ2) is 7.16. The number of hydrogen-bond acceptors (Lipinski definition) is 3. The summed E-state index contributed by atoms with van der Waals surface area (Å²) in [5.74, 6) is -0.185. The van der Waals surface area contributed by atoms with Gasteiger partial charge in [-0.05, 0) is 18.2 Å². The Balaban J connectivity index is 0.00000162. The maximum absolute atomic E-state index is 11.8. The van der Waals surface area contributed by atoms with Gasteiger partial charge in [-0.25, -0.2) is 0 Å². The molecule has 1 aromatic rings. The lowest BCUT2D eigenvalue weighted by molar-refractivity contribution is -0.128. The molecule has 0 spiro atoms. The molecule has 7 heteroatoms. The molecule has 0 bridgehead atoms. The summed E-state index contributed by atoms with van der Waals surface area (Å²) in [5.41, 5.74) is 0.610.